The van der Waals surface area contributed by atoms with Gasteiger partial charge < -0.3 is 10.4 Å². The first-order valence-electron chi connectivity index (χ1n) is 5.97. The first-order chi connectivity index (χ1) is 8.54. The van der Waals surface area contributed by atoms with Gasteiger partial charge in [0.2, 0.25) is 0 Å². The van der Waals surface area contributed by atoms with Gasteiger partial charge in [-0.15, -0.1) is 0 Å². The maximum Gasteiger partial charge on any atom is 0.251 e. The molecule has 2 rings (SSSR count). The number of aliphatic hydroxyl groups excluding tert-OH is 1. The lowest BCUT2D eigenvalue weighted by atomic mass is 10.1. The fourth-order valence-electron chi connectivity index (χ4n) is 2.26. The Kier molecular flexibility index (Phi) is 4.35. The molecule has 0 aliphatic heterocycles. The zero-order chi connectivity index (χ0) is 13.1. The van der Waals surface area contributed by atoms with E-state index in [4.69, 9.17) is 0 Å². The molecule has 18 heavy (non-hydrogen) atoms. The van der Waals surface area contributed by atoms with Gasteiger partial charge in [0.25, 0.3) is 5.91 Å². The minimum atomic E-state index is -0.439. The van der Waals surface area contributed by atoms with Crippen LogP contribution in [0.15, 0.2) is 22.7 Å². The third-order valence-electron chi connectivity index (χ3n) is 3.19. The third kappa shape index (κ3) is 3.53. The van der Waals surface area contributed by atoms with Crippen molar-refractivity contribution in [1.29, 1.82) is 0 Å². The Labute approximate surface area is 114 Å². The Bertz CT molecular complexity index is 432. The molecule has 5 heteroatoms. The standard InChI is InChI=1S/C13H15BrFNO2/c14-10-4-9(5-11(15)6-10)13(18)16-7-8-1-2-12(17)3-8/h4-6,8,12,17H,1-3,7H2,(H,16,18). The van der Waals surface area contributed by atoms with E-state index in [1.165, 1.54) is 12.1 Å². The summed E-state index contributed by atoms with van der Waals surface area (Å²) in [6, 6.07) is 4.11. The van der Waals surface area contributed by atoms with Crippen LogP contribution in [0, 0.1) is 11.7 Å². The zero-order valence-corrected chi connectivity index (χ0v) is 11.4. The molecule has 1 fully saturated rings. The van der Waals surface area contributed by atoms with Crippen molar-refractivity contribution in [3.8, 4) is 0 Å². The Morgan fingerprint density at radius 2 is 2.22 bits per heavy atom. The van der Waals surface area contributed by atoms with Crippen molar-refractivity contribution in [3.63, 3.8) is 0 Å². The number of benzene rings is 1. The quantitative estimate of drug-likeness (QED) is 0.900. The Hall–Kier alpha value is -0.940. The summed E-state index contributed by atoms with van der Waals surface area (Å²) < 4.78 is 13.7. The van der Waals surface area contributed by atoms with E-state index in [1.807, 2.05) is 0 Å². The second kappa shape index (κ2) is 5.80. The lowest BCUT2D eigenvalue weighted by Crippen LogP contribution is -2.28. The van der Waals surface area contributed by atoms with Crippen molar-refractivity contribution in [1.82, 2.24) is 5.32 Å². The van der Waals surface area contributed by atoms with Gasteiger partial charge in [-0.25, -0.2) is 4.39 Å². The van der Waals surface area contributed by atoms with E-state index in [0.717, 1.165) is 19.3 Å². The molecule has 0 spiro atoms. The highest BCUT2D eigenvalue weighted by molar-refractivity contribution is 9.10. The molecule has 2 unspecified atom stereocenters. The highest BCUT2D eigenvalue weighted by Crippen LogP contribution is 2.24. The molecule has 1 saturated carbocycles. The summed E-state index contributed by atoms with van der Waals surface area (Å²) in [4.78, 5) is 11.8. The summed E-state index contributed by atoms with van der Waals surface area (Å²) in [6.07, 6.45) is 2.21. The van der Waals surface area contributed by atoms with E-state index in [1.54, 1.807) is 6.07 Å². The van der Waals surface area contributed by atoms with Gasteiger partial charge in [0.15, 0.2) is 0 Å². The second-order valence-electron chi connectivity index (χ2n) is 4.70. The molecule has 0 bridgehead atoms. The molecule has 0 heterocycles. The van der Waals surface area contributed by atoms with Gasteiger partial charge in [-0.05, 0) is 43.4 Å². The van der Waals surface area contributed by atoms with Gasteiger partial charge in [0.05, 0.1) is 6.10 Å². The van der Waals surface area contributed by atoms with E-state index in [9.17, 15) is 14.3 Å². The summed E-state index contributed by atoms with van der Waals surface area (Å²) in [5, 5.41) is 12.2. The lowest BCUT2D eigenvalue weighted by Gasteiger charge is -2.11. The molecular formula is C13H15BrFNO2. The van der Waals surface area contributed by atoms with Crippen LogP contribution in [0.3, 0.4) is 0 Å². The fraction of sp³-hybridized carbons (Fsp3) is 0.462. The average molecular weight is 316 g/mol. The number of halogens is 2. The van der Waals surface area contributed by atoms with Crippen LogP contribution in [0.4, 0.5) is 4.39 Å². The van der Waals surface area contributed by atoms with Crippen LogP contribution in [0.5, 0.6) is 0 Å². The number of rotatable bonds is 3. The largest absolute Gasteiger partial charge is 0.393 e. The van der Waals surface area contributed by atoms with Gasteiger partial charge in [0.1, 0.15) is 5.82 Å². The molecule has 98 valence electrons. The molecule has 3 nitrogen and oxygen atoms in total. The first-order valence-corrected chi connectivity index (χ1v) is 6.76. The van der Waals surface area contributed by atoms with Crippen LogP contribution in [0.2, 0.25) is 0 Å². The van der Waals surface area contributed by atoms with Crippen molar-refractivity contribution in [2.45, 2.75) is 25.4 Å². The minimum absolute atomic E-state index is 0.241. The van der Waals surface area contributed by atoms with Gasteiger partial charge in [0, 0.05) is 16.6 Å². The smallest absolute Gasteiger partial charge is 0.251 e. The molecule has 1 aliphatic rings. The number of nitrogens with one attached hydrogen (secondary N) is 1. The van der Waals surface area contributed by atoms with Crippen LogP contribution in [0.1, 0.15) is 29.6 Å². The number of hydrogen-bond donors (Lipinski definition) is 2. The van der Waals surface area contributed by atoms with Gasteiger partial charge in [-0.3, -0.25) is 4.79 Å². The summed E-state index contributed by atoms with van der Waals surface area (Å²) in [6.45, 7) is 0.532. The van der Waals surface area contributed by atoms with Crippen molar-refractivity contribution in [2.24, 2.45) is 5.92 Å². The number of aliphatic hydroxyl groups is 1. The van der Waals surface area contributed by atoms with Crippen molar-refractivity contribution in [3.05, 3.63) is 34.1 Å². The second-order valence-corrected chi connectivity index (χ2v) is 5.62. The molecule has 1 aromatic rings. The van der Waals surface area contributed by atoms with Crippen molar-refractivity contribution in [2.75, 3.05) is 6.54 Å². The topological polar surface area (TPSA) is 49.3 Å². The van der Waals surface area contributed by atoms with Crippen LogP contribution in [0.25, 0.3) is 0 Å². The molecule has 1 aromatic carbocycles. The normalized spacial score (nSPS) is 23.1. The van der Waals surface area contributed by atoms with Crippen LogP contribution in [-0.2, 0) is 0 Å². The monoisotopic (exact) mass is 315 g/mol. The number of carbonyl (C=O) groups is 1. The van der Waals surface area contributed by atoms with E-state index in [-0.39, 0.29) is 12.0 Å². The van der Waals surface area contributed by atoms with E-state index in [0.29, 0.717) is 22.5 Å². The molecule has 0 aromatic heterocycles. The summed E-state index contributed by atoms with van der Waals surface area (Å²) >= 11 is 3.15. The Morgan fingerprint density at radius 1 is 1.44 bits per heavy atom. The maximum absolute atomic E-state index is 13.1. The minimum Gasteiger partial charge on any atom is -0.393 e. The van der Waals surface area contributed by atoms with Crippen molar-refractivity contribution < 1.29 is 14.3 Å². The molecule has 2 N–H and O–H groups in total. The summed E-state index contributed by atoms with van der Waals surface area (Å²) in [5.41, 5.74) is 0.306. The summed E-state index contributed by atoms with van der Waals surface area (Å²) in [5.74, 6) is -0.400. The van der Waals surface area contributed by atoms with Crippen LogP contribution < -0.4 is 5.32 Å². The number of hydrogen-bond acceptors (Lipinski definition) is 2. The first kappa shape index (κ1) is 13.5. The van der Waals surface area contributed by atoms with Crippen LogP contribution >= 0.6 is 15.9 Å². The lowest BCUT2D eigenvalue weighted by molar-refractivity contribution is 0.0944. The zero-order valence-electron chi connectivity index (χ0n) is 9.83. The molecule has 1 aliphatic carbocycles. The van der Waals surface area contributed by atoms with E-state index >= 15 is 0 Å². The summed E-state index contributed by atoms with van der Waals surface area (Å²) in [7, 11) is 0. The number of amides is 1. The predicted molar refractivity (Wildman–Crippen MR) is 69.8 cm³/mol. The van der Waals surface area contributed by atoms with Gasteiger partial charge in [-0.1, -0.05) is 15.9 Å². The Morgan fingerprint density at radius 3 is 2.83 bits per heavy atom. The average Bonchev–Trinajstić information content (AvgIpc) is 2.70. The Balaban J connectivity index is 1.91. The predicted octanol–water partition coefficient (Wildman–Crippen LogP) is 2.48. The van der Waals surface area contributed by atoms with Crippen molar-refractivity contribution >= 4 is 21.8 Å². The number of carbonyl (C=O) groups excluding carboxylic acids is 1. The molecule has 0 saturated heterocycles. The highest BCUT2D eigenvalue weighted by atomic mass is 79.9. The maximum atomic E-state index is 13.1. The van der Waals surface area contributed by atoms with Gasteiger partial charge >= 0.3 is 0 Å². The molecule has 0 radical (unpaired) electrons. The third-order valence-corrected chi connectivity index (χ3v) is 3.65. The van der Waals surface area contributed by atoms with E-state index in [2.05, 4.69) is 21.2 Å². The van der Waals surface area contributed by atoms with Gasteiger partial charge in [-0.2, -0.15) is 0 Å². The molecule has 1 amide bonds. The van der Waals surface area contributed by atoms with E-state index < -0.39 is 5.82 Å². The SMILES string of the molecule is O=C(NCC1CCC(O)C1)c1cc(F)cc(Br)c1. The molecule has 2 atom stereocenters. The molecular weight excluding hydrogens is 301 g/mol. The fourth-order valence-corrected chi connectivity index (χ4v) is 2.72. The van der Waals surface area contributed by atoms with Crippen LogP contribution in [-0.4, -0.2) is 23.7 Å². The highest BCUT2D eigenvalue weighted by Gasteiger charge is 2.23.